The van der Waals surface area contributed by atoms with Crippen molar-refractivity contribution in [3.8, 4) is 11.8 Å². The number of nitrogens with one attached hydrogen (secondary N) is 1. The molecule has 2 heterocycles. The number of amides is 1. The van der Waals surface area contributed by atoms with Gasteiger partial charge >= 0.3 is 5.97 Å². The summed E-state index contributed by atoms with van der Waals surface area (Å²) in [5.74, 6) is -1.27. The highest BCUT2D eigenvalue weighted by atomic mass is 16.5. The van der Waals surface area contributed by atoms with Crippen molar-refractivity contribution in [3.05, 3.63) is 60.1 Å². The second-order valence-corrected chi connectivity index (χ2v) is 7.22. The lowest BCUT2D eigenvalue weighted by Crippen LogP contribution is -2.27. The summed E-state index contributed by atoms with van der Waals surface area (Å²) in [4.78, 5) is 33.7. The highest BCUT2D eigenvalue weighted by Crippen LogP contribution is 2.33. The maximum atomic E-state index is 12.5. The smallest absolute Gasteiger partial charge is 0.311 e. The predicted molar refractivity (Wildman–Crippen MR) is 116 cm³/mol. The van der Waals surface area contributed by atoms with Crippen LogP contribution in [-0.2, 0) is 14.3 Å². The lowest BCUT2D eigenvalue weighted by atomic mass is 10.1. The van der Waals surface area contributed by atoms with E-state index in [4.69, 9.17) is 9.47 Å². The molecule has 0 unspecified atom stereocenters. The van der Waals surface area contributed by atoms with Gasteiger partial charge in [0.15, 0.2) is 11.6 Å². The Morgan fingerprint density at radius 3 is 2.78 bits per heavy atom. The molecule has 2 N–H and O–H groups in total. The molecule has 1 fully saturated rings. The molecule has 2 aromatic carbocycles. The Balaban J connectivity index is 1.45. The third kappa shape index (κ3) is 3.98. The number of para-hydroxylation sites is 4. The number of benzene rings is 2. The summed E-state index contributed by atoms with van der Waals surface area (Å²) in [6, 6.07) is 16.1. The van der Waals surface area contributed by atoms with Crippen molar-refractivity contribution in [2.24, 2.45) is 5.92 Å². The lowest BCUT2D eigenvalue weighted by molar-refractivity contribution is -0.148. The first-order valence-corrected chi connectivity index (χ1v) is 9.89. The first-order valence-electron chi connectivity index (χ1n) is 9.89. The van der Waals surface area contributed by atoms with Gasteiger partial charge in [-0.15, -0.1) is 0 Å². The van der Waals surface area contributed by atoms with Crippen LogP contribution in [0.25, 0.3) is 16.6 Å². The molecule has 0 spiro atoms. The topological polar surface area (TPSA) is 129 Å². The van der Waals surface area contributed by atoms with Crippen molar-refractivity contribution in [2.45, 2.75) is 6.42 Å². The number of fused-ring (bicyclic) bond motifs is 1. The minimum atomic E-state index is -0.697. The van der Waals surface area contributed by atoms with Crippen molar-refractivity contribution in [3.63, 3.8) is 0 Å². The van der Waals surface area contributed by atoms with E-state index in [1.54, 1.807) is 36.4 Å². The number of aliphatic hydroxyl groups excluding tert-OH is 1. The second kappa shape index (κ2) is 8.81. The number of nitriles is 1. The molecule has 3 aromatic rings. The molecule has 1 saturated heterocycles. The molecule has 1 aliphatic rings. The fourth-order valence-corrected chi connectivity index (χ4v) is 3.61. The van der Waals surface area contributed by atoms with Gasteiger partial charge in [0.25, 0.3) is 0 Å². The number of hydrogen-bond donors (Lipinski definition) is 2. The third-order valence-corrected chi connectivity index (χ3v) is 5.21. The van der Waals surface area contributed by atoms with Gasteiger partial charge in [0.05, 0.1) is 29.7 Å². The summed E-state index contributed by atoms with van der Waals surface area (Å²) in [5.41, 5.74) is 1.81. The van der Waals surface area contributed by atoms with E-state index in [0.717, 1.165) is 0 Å². The zero-order valence-corrected chi connectivity index (χ0v) is 17.2. The van der Waals surface area contributed by atoms with E-state index in [1.807, 2.05) is 18.2 Å². The van der Waals surface area contributed by atoms with E-state index in [1.165, 1.54) is 12.0 Å². The molecule has 1 aliphatic heterocycles. The number of methoxy groups -OCH3 is 1. The number of nitrogens with zero attached hydrogens (tertiary/aromatic N) is 3. The number of esters is 1. The molecular weight excluding hydrogens is 412 g/mol. The van der Waals surface area contributed by atoms with Crippen molar-refractivity contribution in [1.82, 2.24) is 9.97 Å². The number of allylic oxidation sites excluding steroid dienone is 1. The Bertz CT molecular complexity index is 1220. The Morgan fingerprint density at radius 2 is 2.03 bits per heavy atom. The summed E-state index contributed by atoms with van der Waals surface area (Å²) in [7, 11) is 1.51. The predicted octanol–water partition coefficient (Wildman–Crippen LogP) is 2.96. The van der Waals surface area contributed by atoms with Crippen LogP contribution in [0, 0.1) is 17.2 Å². The van der Waals surface area contributed by atoms with Gasteiger partial charge in [-0.05, 0) is 24.3 Å². The minimum Gasteiger partial charge on any atom is -0.507 e. The third-order valence-electron chi connectivity index (χ3n) is 5.21. The number of H-pyrrole nitrogens is 1. The van der Waals surface area contributed by atoms with Crippen LogP contribution >= 0.6 is 0 Å². The normalized spacial score (nSPS) is 16.6. The monoisotopic (exact) mass is 432 g/mol. The van der Waals surface area contributed by atoms with Crippen LogP contribution in [-0.4, -0.2) is 47.2 Å². The van der Waals surface area contributed by atoms with Gasteiger partial charge in [0.2, 0.25) is 5.91 Å². The summed E-state index contributed by atoms with van der Waals surface area (Å²) < 4.78 is 10.5. The van der Waals surface area contributed by atoms with Gasteiger partial charge in [-0.2, -0.15) is 5.26 Å². The summed E-state index contributed by atoms with van der Waals surface area (Å²) in [5, 5.41) is 19.8. The van der Waals surface area contributed by atoms with Crippen LogP contribution in [0.5, 0.6) is 5.75 Å². The van der Waals surface area contributed by atoms with Gasteiger partial charge < -0.3 is 24.5 Å². The molecule has 0 radical (unpaired) electrons. The molecule has 9 heteroatoms. The van der Waals surface area contributed by atoms with Gasteiger partial charge in [-0.1, -0.05) is 24.3 Å². The highest BCUT2D eigenvalue weighted by molar-refractivity contribution is 6.00. The average Bonchev–Trinajstić information content (AvgIpc) is 3.41. The largest absolute Gasteiger partial charge is 0.507 e. The number of aliphatic hydroxyl groups is 1. The lowest BCUT2D eigenvalue weighted by Gasteiger charge is -2.19. The van der Waals surface area contributed by atoms with Crippen LogP contribution in [0.3, 0.4) is 0 Å². The Morgan fingerprint density at radius 1 is 1.28 bits per heavy atom. The zero-order valence-electron chi connectivity index (χ0n) is 17.2. The Kier molecular flexibility index (Phi) is 5.77. The number of carbonyl (C=O) groups excluding carboxylic acids is 2. The molecule has 1 aromatic heterocycles. The van der Waals surface area contributed by atoms with Crippen LogP contribution in [0.4, 0.5) is 5.69 Å². The van der Waals surface area contributed by atoms with Crippen LogP contribution < -0.4 is 9.64 Å². The molecule has 162 valence electrons. The molecule has 4 rings (SSSR count). The maximum Gasteiger partial charge on any atom is 0.311 e. The molecule has 0 saturated carbocycles. The van der Waals surface area contributed by atoms with Gasteiger partial charge in [0, 0.05) is 13.0 Å². The number of hydrogen-bond acceptors (Lipinski definition) is 7. The standard InChI is InChI=1S/C23H20N4O5/c1-31-20-9-5-4-8-18(20)27-12-14(10-21(27)29)23(30)32-13-19(28)15(11-24)22-25-16-6-2-3-7-17(16)26-22/h2-9,14,28H,10,12-13H2,1H3,(H,25,26)/t14-/m1/s1. The van der Waals surface area contributed by atoms with E-state index in [0.29, 0.717) is 22.5 Å². The zero-order chi connectivity index (χ0) is 22.7. The molecular formula is C23H20N4O5. The van der Waals surface area contributed by atoms with Gasteiger partial charge in [-0.25, -0.2) is 4.98 Å². The van der Waals surface area contributed by atoms with E-state index in [2.05, 4.69) is 9.97 Å². The Labute approximate surface area is 183 Å². The van der Waals surface area contributed by atoms with Crippen LogP contribution in [0.1, 0.15) is 12.2 Å². The number of carbonyl (C=O) groups is 2. The fraction of sp³-hybridized carbons (Fsp3) is 0.217. The van der Waals surface area contributed by atoms with Crippen molar-refractivity contribution >= 4 is 34.2 Å². The van der Waals surface area contributed by atoms with Gasteiger partial charge in [0.1, 0.15) is 24.0 Å². The average molecular weight is 432 g/mol. The molecule has 32 heavy (non-hydrogen) atoms. The van der Waals surface area contributed by atoms with Gasteiger partial charge in [-0.3, -0.25) is 9.59 Å². The maximum absolute atomic E-state index is 12.5. The summed E-state index contributed by atoms with van der Waals surface area (Å²) in [6.07, 6.45) is -0.0178. The number of aromatic amines is 1. The quantitative estimate of drug-likeness (QED) is 0.348. The van der Waals surface area contributed by atoms with Crippen LogP contribution in [0.2, 0.25) is 0 Å². The van der Waals surface area contributed by atoms with E-state index >= 15 is 0 Å². The summed E-state index contributed by atoms with van der Waals surface area (Å²) >= 11 is 0. The SMILES string of the molecule is COc1ccccc1N1C[C@H](C(=O)OCC(O)=C(C#N)c2nc3ccccc3[nH]2)CC1=O. The summed E-state index contributed by atoms with van der Waals surface area (Å²) in [6.45, 7) is -0.366. The highest BCUT2D eigenvalue weighted by Gasteiger charge is 2.37. The number of anilines is 1. The fourth-order valence-electron chi connectivity index (χ4n) is 3.61. The Hall–Kier alpha value is -4.32. The molecule has 0 bridgehead atoms. The number of aromatic nitrogens is 2. The van der Waals surface area contributed by atoms with E-state index in [-0.39, 0.29) is 30.3 Å². The second-order valence-electron chi connectivity index (χ2n) is 7.22. The minimum absolute atomic E-state index is 0.0178. The number of imidazole rings is 1. The molecule has 0 aliphatic carbocycles. The first kappa shape index (κ1) is 20.9. The molecule has 1 atom stereocenters. The van der Waals surface area contributed by atoms with Crippen molar-refractivity contribution in [1.29, 1.82) is 5.26 Å². The number of rotatable bonds is 6. The van der Waals surface area contributed by atoms with Crippen LogP contribution in [0.15, 0.2) is 54.3 Å². The van der Waals surface area contributed by atoms with Crippen molar-refractivity contribution in [2.75, 3.05) is 25.2 Å². The van der Waals surface area contributed by atoms with E-state index in [9.17, 15) is 20.0 Å². The first-order chi connectivity index (χ1) is 15.5. The number of ether oxygens (including phenoxy) is 2. The molecule has 9 nitrogen and oxygen atoms in total. The molecule has 1 amide bonds. The van der Waals surface area contributed by atoms with E-state index < -0.39 is 24.3 Å². The van der Waals surface area contributed by atoms with Crippen molar-refractivity contribution < 1.29 is 24.2 Å².